The lowest BCUT2D eigenvalue weighted by molar-refractivity contribution is -0.274. The molecule has 0 spiro atoms. The van der Waals surface area contributed by atoms with Crippen molar-refractivity contribution in [1.29, 1.82) is 0 Å². The summed E-state index contributed by atoms with van der Waals surface area (Å²) in [6, 6.07) is 8.45. The van der Waals surface area contributed by atoms with Gasteiger partial charge in [-0.15, -0.1) is 13.2 Å². The molecule has 1 heterocycles. The number of aromatic nitrogens is 1. The molecule has 4 nitrogen and oxygen atoms in total. The SMILES string of the molecule is CCc1c(C)nc2cc(C)c(Oc3ccc(OC(F)(F)F)cc3)cc2c1[O]. The van der Waals surface area contributed by atoms with Crippen molar-refractivity contribution in [3.05, 3.63) is 53.2 Å². The summed E-state index contributed by atoms with van der Waals surface area (Å²) in [7, 11) is 0. The molecule has 0 bridgehead atoms. The van der Waals surface area contributed by atoms with Gasteiger partial charge in [-0.3, -0.25) is 10.1 Å². The second-order valence-corrected chi connectivity index (χ2v) is 6.11. The Bertz CT molecular complexity index is 983. The van der Waals surface area contributed by atoms with Gasteiger partial charge in [-0.2, -0.15) is 0 Å². The summed E-state index contributed by atoms with van der Waals surface area (Å²) in [5.74, 6) is 0.352. The van der Waals surface area contributed by atoms with E-state index in [0.29, 0.717) is 40.1 Å². The van der Waals surface area contributed by atoms with Crippen LogP contribution in [0.2, 0.25) is 0 Å². The Morgan fingerprint density at radius 1 is 1.04 bits per heavy atom. The zero-order chi connectivity index (χ0) is 19.8. The molecule has 3 rings (SSSR count). The standard InChI is InChI=1S/C20H17F3NO3/c1-4-15-12(3)24-17-9-11(2)18(10-16(17)19(15)25)26-13-5-7-14(8-6-13)27-20(21,22)23/h5-10H,4H2,1-3H3. The Labute approximate surface area is 154 Å². The first-order valence-electron chi connectivity index (χ1n) is 8.32. The van der Waals surface area contributed by atoms with Gasteiger partial charge < -0.3 is 9.47 Å². The number of aryl methyl sites for hydroxylation is 2. The zero-order valence-electron chi connectivity index (χ0n) is 15.0. The van der Waals surface area contributed by atoms with E-state index in [1.807, 2.05) is 20.8 Å². The average molecular weight is 376 g/mol. The topological polar surface area (TPSA) is 51.2 Å². The van der Waals surface area contributed by atoms with Crippen molar-refractivity contribution in [2.45, 2.75) is 33.6 Å². The van der Waals surface area contributed by atoms with Gasteiger partial charge in [-0.25, -0.2) is 0 Å². The maximum Gasteiger partial charge on any atom is 0.573 e. The lowest BCUT2D eigenvalue weighted by atomic mass is 10.0. The summed E-state index contributed by atoms with van der Waals surface area (Å²) >= 11 is 0. The summed E-state index contributed by atoms with van der Waals surface area (Å²) < 4.78 is 46.3. The first kappa shape index (κ1) is 18.8. The number of nitrogens with zero attached hydrogens (tertiary/aromatic N) is 1. The van der Waals surface area contributed by atoms with Gasteiger partial charge in [0.25, 0.3) is 0 Å². The van der Waals surface area contributed by atoms with Crippen LogP contribution in [-0.2, 0) is 11.5 Å². The van der Waals surface area contributed by atoms with Crippen LogP contribution in [-0.4, -0.2) is 11.3 Å². The number of halogens is 3. The molecule has 0 atom stereocenters. The Balaban J connectivity index is 1.94. The number of hydrogen-bond donors (Lipinski definition) is 0. The Morgan fingerprint density at radius 3 is 2.26 bits per heavy atom. The summed E-state index contributed by atoms with van der Waals surface area (Å²) in [5.41, 5.74) is 2.72. The van der Waals surface area contributed by atoms with Gasteiger partial charge in [-0.05, 0) is 62.2 Å². The van der Waals surface area contributed by atoms with E-state index in [1.54, 1.807) is 12.1 Å². The second kappa shape index (κ2) is 6.98. The lowest BCUT2D eigenvalue weighted by Gasteiger charge is -2.13. The molecular weight excluding hydrogens is 359 g/mol. The number of alkyl halides is 3. The third-order valence-corrected chi connectivity index (χ3v) is 4.18. The third kappa shape index (κ3) is 4.07. The first-order valence-corrected chi connectivity index (χ1v) is 8.32. The molecule has 1 radical (unpaired) electrons. The highest BCUT2D eigenvalue weighted by Crippen LogP contribution is 2.36. The van der Waals surface area contributed by atoms with Gasteiger partial charge in [0.15, 0.2) is 5.75 Å². The molecule has 0 saturated carbocycles. The number of ether oxygens (including phenoxy) is 2. The van der Waals surface area contributed by atoms with Crippen LogP contribution in [0.15, 0.2) is 36.4 Å². The van der Waals surface area contributed by atoms with E-state index in [9.17, 15) is 18.3 Å². The predicted octanol–water partition coefficient (Wildman–Crippen LogP) is 6.25. The van der Waals surface area contributed by atoms with E-state index in [2.05, 4.69) is 9.72 Å². The van der Waals surface area contributed by atoms with Gasteiger partial charge in [0.05, 0.1) is 10.9 Å². The Morgan fingerprint density at radius 2 is 1.67 bits per heavy atom. The van der Waals surface area contributed by atoms with E-state index < -0.39 is 6.36 Å². The van der Waals surface area contributed by atoms with Crippen LogP contribution in [0.25, 0.3) is 10.9 Å². The fourth-order valence-corrected chi connectivity index (χ4v) is 2.88. The molecule has 0 aliphatic rings. The summed E-state index contributed by atoms with van der Waals surface area (Å²) in [4.78, 5) is 4.48. The lowest BCUT2D eigenvalue weighted by Crippen LogP contribution is -2.16. The van der Waals surface area contributed by atoms with Crippen LogP contribution in [0.3, 0.4) is 0 Å². The van der Waals surface area contributed by atoms with E-state index in [0.717, 1.165) is 5.56 Å². The second-order valence-electron chi connectivity index (χ2n) is 6.11. The van der Waals surface area contributed by atoms with Gasteiger partial charge in [0, 0.05) is 11.3 Å². The normalized spacial score (nSPS) is 11.6. The van der Waals surface area contributed by atoms with Crippen LogP contribution in [0, 0.1) is 13.8 Å². The predicted molar refractivity (Wildman–Crippen MR) is 93.9 cm³/mol. The van der Waals surface area contributed by atoms with E-state index >= 15 is 0 Å². The van der Waals surface area contributed by atoms with E-state index in [4.69, 9.17) is 4.74 Å². The zero-order valence-corrected chi connectivity index (χ0v) is 15.0. The molecule has 0 amide bonds. The molecule has 141 valence electrons. The minimum atomic E-state index is -4.75. The van der Waals surface area contributed by atoms with Gasteiger partial charge in [0.2, 0.25) is 0 Å². The largest absolute Gasteiger partial charge is 0.573 e. The third-order valence-electron chi connectivity index (χ3n) is 4.18. The number of fused-ring (bicyclic) bond motifs is 1. The molecule has 0 N–H and O–H groups in total. The number of hydrogen-bond acceptors (Lipinski definition) is 3. The first-order chi connectivity index (χ1) is 12.7. The average Bonchev–Trinajstić information content (AvgIpc) is 2.57. The quantitative estimate of drug-likeness (QED) is 0.541. The summed E-state index contributed by atoms with van der Waals surface area (Å²) in [6.07, 6.45) is -4.16. The van der Waals surface area contributed by atoms with Crippen LogP contribution in [0.5, 0.6) is 23.0 Å². The van der Waals surface area contributed by atoms with Gasteiger partial charge in [-0.1, -0.05) is 6.92 Å². The molecule has 0 saturated heterocycles. The van der Waals surface area contributed by atoms with Gasteiger partial charge >= 0.3 is 6.36 Å². The molecule has 2 aromatic carbocycles. The maximum absolute atomic E-state index is 12.7. The fourth-order valence-electron chi connectivity index (χ4n) is 2.88. The Hall–Kier alpha value is -2.96. The van der Waals surface area contributed by atoms with Crippen LogP contribution >= 0.6 is 0 Å². The molecular formula is C20H17F3NO3. The Kier molecular flexibility index (Phi) is 4.87. The van der Waals surface area contributed by atoms with Crippen molar-refractivity contribution in [2.24, 2.45) is 0 Å². The van der Waals surface area contributed by atoms with Gasteiger partial charge in [0.1, 0.15) is 17.2 Å². The van der Waals surface area contributed by atoms with Crippen molar-refractivity contribution < 1.29 is 27.8 Å². The van der Waals surface area contributed by atoms with E-state index in [-0.39, 0.29) is 11.5 Å². The van der Waals surface area contributed by atoms with Crippen molar-refractivity contribution in [3.63, 3.8) is 0 Å². The van der Waals surface area contributed by atoms with Crippen molar-refractivity contribution in [1.82, 2.24) is 4.98 Å². The molecule has 1 aromatic heterocycles. The van der Waals surface area contributed by atoms with Crippen molar-refractivity contribution >= 4 is 10.9 Å². The van der Waals surface area contributed by atoms with Crippen LogP contribution in [0.1, 0.15) is 23.7 Å². The van der Waals surface area contributed by atoms with Crippen LogP contribution < -0.4 is 9.47 Å². The van der Waals surface area contributed by atoms with Crippen molar-refractivity contribution in [3.8, 4) is 23.0 Å². The molecule has 3 aromatic rings. The van der Waals surface area contributed by atoms with Crippen molar-refractivity contribution in [2.75, 3.05) is 0 Å². The highest BCUT2D eigenvalue weighted by atomic mass is 19.4. The minimum absolute atomic E-state index is 0.0845. The smallest absolute Gasteiger partial charge is 0.457 e. The maximum atomic E-state index is 12.7. The number of rotatable bonds is 4. The molecule has 27 heavy (non-hydrogen) atoms. The molecule has 0 aliphatic carbocycles. The summed E-state index contributed by atoms with van der Waals surface area (Å²) in [5, 5.41) is 13.1. The minimum Gasteiger partial charge on any atom is -0.457 e. The number of pyridine rings is 1. The molecule has 0 fully saturated rings. The summed E-state index contributed by atoms with van der Waals surface area (Å²) in [6.45, 7) is 5.52. The molecule has 0 unspecified atom stereocenters. The number of benzene rings is 2. The molecule has 0 aliphatic heterocycles. The highest BCUT2D eigenvalue weighted by molar-refractivity contribution is 5.88. The van der Waals surface area contributed by atoms with E-state index in [1.165, 1.54) is 24.3 Å². The van der Waals surface area contributed by atoms with Crippen LogP contribution in [0.4, 0.5) is 13.2 Å². The monoisotopic (exact) mass is 376 g/mol. The molecule has 7 heteroatoms. The highest BCUT2D eigenvalue weighted by Gasteiger charge is 2.31. The fraction of sp³-hybridized carbons (Fsp3) is 0.250.